The first-order valence-electron chi connectivity index (χ1n) is 5.69. The van der Waals surface area contributed by atoms with Gasteiger partial charge in [0, 0.05) is 26.4 Å². The molecule has 96 valence electrons. The molecular weight excluding hydrogens is 282 g/mol. The normalized spacial score (nSPS) is 10.9. The van der Waals surface area contributed by atoms with Crippen molar-refractivity contribution in [2.24, 2.45) is 5.92 Å². The highest BCUT2D eigenvalue weighted by Gasteiger charge is 2.14. The van der Waals surface area contributed by atoms with Gasteiger partial charge in [0.2, 0.25) is 0 Å². The molecule has 5 heteroatoms. The predicted octanol–water partition coefficient (Wildman–Crippen LogP) is 2.54. The Hall–Kier alpha value is -0.810. The molecule has 1 heterocycles. The van der Waals surface area contributed by atoms with Crippen molar-refractivity contribution in [1.29, 1.82) is 0 Å². The fourth-order valence-electron chi connectivity index (χ4n) is 1.71. The van der Waals surface area contributed by atoms with Crippen LogP contribution in [0.25, 0.3) is 0 Å². The van der Waals surface area contributed by atoms with Gasteiger partial charge in [-0.3, -0.25) is 4.98 Å². The van der Waals surface area contributed by atoms with Crippen molar-refractivity contribution < 1.29 is 4.74 Å². The van der Waals surface area contributed by atoms with Gasteiger partial charge >= 0.3 is 0 Å². The predicted molar refractivity (Wildman–Crippen MR) is 75.3 cm³/mol. The Bertz CT molecular complexity index is 337. The van der Waals surface area contributed by atoms with Crippen molar-refractivity contribution in [3.63, 3.8) is 0 Å². The van der Waals surface area contributed by atoms with Gasteiger partial charge in [-0.1, -0.05) is 13.8 Å². The van der Waals surface area contributed by atoms with Crippen molar-refractivity contribution in [1.82, 2.24) is 4.98 Å². The van der Waals surface area contributed by atoms with Crippen LogP contribution in [0.3, 0.4) is 0 Å². The third-order valence-electron chi connectivity index (χ3n) is 2.37. The van der Waals surface area contributed by atoms with E-state index in [1.165, 1.54) is 0 Å². The van der Waals surface area contributed by atoms with Crippen LogP contribution in [0, 0.1) is 5.92 Å². The average molecular weight is 302 g/mol. The van der Waals surface area contributed by atoms with E-state index in [1.54, 1.807) is 19.5 Å². The van der Waals surface area contributed by atoms with Crippen LogP contribution in [-0.4, -0.2) is 31.8 Å². The van der Waals surface area contributed by atoms with Crippen LogP contribution in [-0.2, 0) is 4.74 Å². The molecule has 4 nitrogen and oxygen atoms in total. The minimum atomic E-state index is 0.561. The highest BCUT2D eigenvalue weighted by Crippen LogP contribution is 2.31. The van der Waals surface area contributed by atoms with Crippen molar-refractivity contribution >= 4 is 27.3 Å². The number of hydrogen-bond donors (Lipinski definition) is 1. The number of aromatic nitrogens is 1. The third-order valence-corrected chi connectivity index (χ3v) is 2.95. The number of nitrogens with zero attached hydrogens (tertiary/aromatic N) is 2. The van der Waals surface area contributed by atoms with Gasteiger partial charge in [0.25, 0.3) is 0 Å². The molecule has 0 bridgehead atoms. The lowest BCUT2D eigenvalue weighted by Crippen LogP contribution is -2.32. The van der Waals surface area contributed by atoms with Crippen LogP contribution >= 0.6 is 15.9 Å². The monoisotopic (exact) mass is 301 g/mol. The van der Waals surface area contributed by atoms with E-state index in [-0.39, 0.29) is 0 Å². The Morgan fingerprint density at radius 2 is 2.18 bits per heavy atom. The topological polar surface area (TPSA) is 51.4 Å². The summed E-state index contributed by atoms with van der Waals surface area (Å²) in [5, 5.41) is 0. The van der Waals surface area contributed by atoms with Crippen molar-refractivity contribution in [2.45, 2.75) is 13.8 Å². The zero-order valence-corrected chi connectivity index (χ0v) is 12.2. The zero-order chi connectivity index (χ0) is 12.8. The number of hydrogen-bond acceptors (Lipinski definition) is 4. The summed E-state index contributed by atoms with van der Waals surface area (Å²) in [7, 11) is 1.71. The number of halogens is 1. The molecular formula is C12H20BrN3O. The first kappa shape index (κ1) is 14.3. The van der Waals surface area contributed by atoms with Gasteiger partial charge in [0.1, 0.15) is 0 Å². The smallest absolute Gasteiger partial charge is 0.0776 e. The van der Waals surface area contributed by atoms with E-state index < -0.39 is 0 Å². The maximum absolute atomic E-state index is 5.99. The van der Waals surface area contributed by atoms with Crippen LogP contribution < -0.4 is 10.6 Å². The molecule has 0 saturated heterocycles. The number of nitrogens with two attached hydrogens (primary N) is 1. The lowest BCUT2D eigenvalue weighted by atomic mass is 10.2. The minimum Gasteiger partial charge on any atom is -0.396 e. The Morgan fingerprint density at radius 1 is 1.47 bits per heavy atom. The molecule has 0 unspecified atom stereocenters. The van der Waals surface area contributed by atoms with Gasteiger partial charge in [-0.15, -0.1) is 0 Å². The maximum atomic E-state index is 5.99. The van der Waals surface area contributed by atoms with Gasteiger partial charge < -0.3 is 15.4 Å². The second kappa shape index (κ2) is 6.81. The van der Waals surface area contributed by atoms with E-state index in [0.717, 1.165) is 23.2 Å². The third kappa shape index (κ3) is 4.16. The fourth-order valence-corrected chi connectivity index (χ4v) is 2.31. The first-order valence-corrected chi connectivity index (χ1v) is 6.48. The number of rotatable bonds is 6. The average Bonchev–Trinajstić information content (AvgIpc) is 2.24. The zero-order valence-electron chi connectivity index (χ0n) is 10.6. The molecule has 17 heavy (non-hydrogen) atoms. The van der Waals surface area contributed by atoms with E-state index in [4.69, 9.17) is 10.5 Å². The summed E-state index contributed by atoms with van der Waals surface area (Å²) in [5.41, 5.74) is 7.69. The molecule has 0 radical (unpaired) electrons. The summed E-state index contributed by atoms with van der Waals surface area (Å²) in [6, 6.07) is 0. The molecule has 0 spiro atoms. The SMILES string of the molecule is COCCN(CC(C)C)c1c(N)cncc1Br. The molecule has 0 amide bonds. The number of pyridine rings is 1. The van der Waals surface area contributed by atoms with Gasteiger partial charge in [-0.25, -0.2) is 0 Å². The Kier molecular flexibility index (Phi) is 5.71. The molecule has 2 N–H and O–H groups in total. The van der Waals surface area contributed by atoms with E-state index in [2.05, 4.69) is 39.7 Å². The summed E-state index contributed by atoms with van der Waals surface area (Å²) in [6.07, 6.45) is 3.45. The lowest BCUT2D eigenvalue weighted by Gasteiger charge is -2.28. The highest BCUT2D eigenvalue weighted by atomic mass is 79.9. The van der Waals surface area contributed by atoms with Crippen molar-refractivity contribution in [3.8, 4) is 0 Å². The first-order chi connectivity index (χ1) is 8.06. The number of anilines is 2. The molecule has 1 rings (SSSR count). The standard InChI is InChI=1S/C12H20BrN3O/c1-9(2)8-16(4-5-17-3)12-10(13)6-15-7-11(12)14/h6-7,9H,4-5,8,14H2,1-3H3. The molecule has 0 aliphatic rings. The quantitative estimate of drug-likeness (QED) is 0.877. The van der Waals surface area contributed by atoms with Crippen LogP contribution in [0.2, 0.25) is 0 Å². The summed E-state index contributed by atoms with van der Waals surface area (Å²) < 4.78 is 6.07. The van der Waals surface area contributed by atoms with Crippen molar-refractivity contribution in [3.05, 3.63) is 16.9 Å². The van der Waals surface area contributed by atoms with Crippen molar-refractivity contribution in [2.75, 3.05) is 37.4 Å². The molecule has 1 aromatic rings. The lowest BCUT2D eigenvalue weighted by molar-refractivity contribution is 0.204. The summed E-state index contributed by atoms with van der Waals surface area (Å²) in [4.78, 5) is 6.29. The van der Waals surface area contributed by atoms with E-state index in [1.807, 2.05) is 0 Å². The molecule has 0 saturated carbocycles. The molecule has 0 aromatic carbocycles. The van der Waals surface area contributed by atoms with Crippen LogP contribution in [0.15, 0.2) is 16.9 Å². The van der Waals surface area contributed by atoms with Gasteiger partial charge in [0.15, 0.2) is 0 Å². The molecule has 0 fully saturated rings. The van der Waals surface area contributed by atoms with Crippen LogP contribution in [0.4, 0.5) is 11.4 Å². The number of methoxy groups -OCH3 is 1. The van der Waals surface area contributed by atoms with Crippen LogP contribution in [0.5, 0.6) is 0 Å². The number of nitrogen functional groups attached to an aromatic ring is 1. The van der Waals surface area contributed by atoms with E-state index >= 15 is 0 Å². The second-order valence-corrected chi connectivity index (χ2v) is 5.25. The molecule has 1 aromatic heterocycles. The van der Waals surface area contributed by atoms with E-state index in [9.17, 15) is 0 Å². The Balaban J connectivity index is 2.94. The number of ether oxygens (including phenoxy) is 1. The van der Waals surface area contributed by atoms with Crippen LogP contribution in [0.1, 0.15) is 13.8 Å². The second-order valence-electron chi connectivity index (χ2n) is 4.39. The van der Waals surface area contributed by atoms with Gasteiger partial charge in [0.05, 0.1) is 28.7 Å². The summed E-state index contributed by atoms with van der Waals surface area (Å²) >= 11 is 3.50. The van der Waals surface area contributed by atoms with E-state index in [0.29, 0.717) is 18.2 Å². The Labute approximate surface area is 111 Å². The largest absolute Gasteiger partial charge is 0.396 e. The Morgan fingerprint density at radius 3 is 2.71 bits per heavy atom. The van der Waals surface area contributed by atoms with Gasteiger partial charge in [-0.05, 0) is 21.8 Å². The molecule has 0 aliphatic heterocycles. The highest BCUT2D eigenvalue weighted by molar-refractivity contribution is 9.10. The minimum absolute atomic E-state index is 0.561. The summed E-state index contributed by atoms with van der Waals surface area (Å²) in [6.45, 7) is 6.81. The van der Waals surface area contributed by atoms with Gasteiger partial charge in [-0.2, -0.15) is 0 Å². The fraction of sp³-hybridized carbons (Fsp3) is 0.583. The summed E-state index contributed by atoms with van der Waals surface area (Å²) in [5.74, 6) is 0.561. The maximum Gasteiger partial charge on any atom is 0.0776 e. The molecule has 0 atom stereocenters. The molecule has 0 aliphatic carbocycles.